The van der Waals surface area contributed by atoms with Gasteiger partial charge in [-0.1, -0.05) is 0 Å². The SMILES string of the molecule is O=C1COC2(CCN(c3ccnc(C(F)(F)F)n3)C2)CN1. The van der Waals surface area contributed by atoms with Gasteiger partial charge in [-0.2, -0.15) is 13.2 Å². The first kappa shape index (κ1) is 14.1. The molecule has 2 saturated heterocycles. The fourth-order valence-electron chi connectivity index (χ4n) is 2.54. The zero-order valence-corrected chi connectivity index (χ0v) is 11.0. The standard InChI is InChI=1S/C12H13F3N4O2/c13-12(14,15)10-16-3-1-8(18-10)19-4-2-11(7-19)6-17-9(20)5-21-11/h1,3H,2,4-7H2,(H,17,20). The predicted octanol–water partition coefficient (Wildman–Crippen LogP) is 0.591. The van der Waals surface area contributed by atoms with Gasteiger partial charge in [-0.15, -0.1) is 0 Å². The first-order chi connectivity index (χ1) is 9.88. The van der Waals surface area contributed by atoms with E-state index >= 15 is 0 Å². The van der Waals surface area contributed by atoms with Crippen molar-refractivity contribution in [3.8, 4) is 0 Å². The number of amides is 1. The molecule has 6 nitrogen and oxygen atoms in total. The Morgan fingerprint density at radius 1 is 1.43 bits per heavy atom. The van der Waals surface area contributed by atoms with Crippen molar-refractivity contribution in [2.75, 3.05) is 31.1 Å². The Hall–Kier alpha value is -1.90. The van der Waals surface area contributed by atoms with Crippen molar-refractivity contribution < 1.29 is 22.7 Å². The first-order valence-electron chi connectivity index (χ1n) is 6.44. The lowest BCUT2D eigenvalue weighted by Gasteiger charge is -2.33. The largest absolute Gasteiger partial charge is 0.451 e. The molecule has 1 aromatic heterocycles. The Morgan fingerprint density at radius 2 is 2.24 bits per heavy atom. The van der Waals surface area contributed by atoms with Crippen molar-refractivity contribution in [2.24, 2.45) is 0 Å². The van der Waals surface area contributed by atoms with Crippen LogP contribution in [0.25, 0.3) is 0 Å². The number of ether oxygens (including phenoxy) is 1. The van der Waals surface area contributed by atoms with E-state index in [0.717, 1.165) is 6.20 Å². The lowest BCUT2D eigenvalue weighted by molar-refractivity contribution is -0.145. The quantitative estimate of drug-likeness (QED) is 0.822. The van der Waals surface area contributed by atoms with Gasteiger partial charge in [0.25, 0.3) is 0 Å². The molecule has 9 heteroatoms. The minimum absolute atomic E-state index is 0.0224. The zero-order valence-electron chi connectivity index (χ0n) is 11.0. The smallest absolute Gasteiger partial charge is 0.361 e. The number of aromatic nitrogens is 2. The molecule has 1 N–H and O–H groups in total. The monoisotopic (exact) mass is 302 g/mol. The third kappa shape index (κ3) is 2.78. The average Bonchev–Trinajstić information content (AvgIpc) is 2.86. The van der Waals surface area contributed by atoms with Gasteiger partial charge in [-0.25, -0.2) is 9.97 Å². The minimum Gasteiger partial charge on any atom is -0.361 e. The number of carbonyl (C=O) groups is 1. The summed E-state index contributed by atoms with van der Waals surface area (Å²) >= 11 is 0. The number of nitrogens with zero attached hydrogens (tertiary/aromatic N) is 3. The molecule has 1 atom stereocenters. The second kappa shape index (κ2) is 4.83. The van der Waals surface area contributed by atoms with Crippen molar-refractivity contribution in [1.29, 1.82) is 0 Å². The average molecular weight is 302 g/mol. The van der Waals surface area contributed by atoms with Gasteiger partial charge in [0.15, 0.2) is 0 Å². The summed E-state index contributed by atoms with van der Waals surface area (Å²) in [5.74, 6) is -1.12. The zero-order chi connectivity index (χ0) is 15.1. The van der Waals surface area contributed by atoms with Crippen LogP contribution in [0.5, 0.6) is 0 Å². The van der Waals surface area contributed by atoms with Crippen LogP contribution in [0, 0.1) is 0 Å². The Balaban J connectivity index is 1.76. The Labute approximate surface area is 118 Å². The summed E-state index contributed by atoms with van der Waals surface area (Å²) in [5, 5.41) is 2.72. The molecular weight excluding hydrogens is 289 g/mol. The Kier molecular flexibility index (Phi) is 3.23. The molecule has 0 aromatic carbocycles. The Morgan fingerprint density at radius 3 is 2.90 bits per heavy atom. The maximum Gasteiger partial charge on any atom is 0.451 e. The fraction of sp³-hybridized carbons (Fsp3) is 0.583. The molecule has 1 amide bonds. The number of nitrogens with one attached hydrogen (secondary N) is 1. The third-order valence-electron chi connectivity index (χ3n) is 3.65. The number of hydrogen-bond donors (Lipinski definition) is 1. The van der Waals surface area contributed by atoms with Crippen LogP contribution in [0.2, 0.25) is 0 Å². The molecular formula is C12H13F3N4O2. The van der Waals surface area contributed by atoms with Crippen LogP contribution < -0.4 is 10.2 Å². The van der Waals surface area contributed by atoms with Gasteiger partial charge in [-0.3, -0.25) is 4.79 Å². The van der Waals surface area contributed by atoms with Crippen LogP contribution in [0.4, 0.5) is 19.0 Å². The van der Waals surface area contributed by atoms with Crippen LogP contribution >= 0.6 is 0 Å². The van der Waals surface area contributed by atoms with Crippen LogP contribution in [0.15, 0.2) is 12.3 Å². The van der Waals surface area contributed by atoms with Gasteiger partial charge in [0, 0.05) is 19.3 Å². The van der Waals surface area contributed by atoms with E-state index in [-0.39, 0.29) is 18.3 Å². The van der Waals surface area contributed by atoms with Crippen molar-refractivity contribution >= 4 is 11.7 Å². The van der Waals surface area contributed by atoms with E-state index in [9.17, 15) is 18.0 Å². The van der Waals surface area contributed by atoms with E-state index in [1.165, 1.54) is 6.07 Å². The molecule has 0 saturated carbocycles. The van der Waals surface area contributed by atoms with Gasteiger partial charge < -0.3 is 15.0 Å². The summed E-state index contributed by atoms with van der Waals surface area (Å²) in [6.07, 6.45) is -2.85. The molecule has 0 radical (unpaired) electrons. The number of rotatable bonds is 1. The first-order valence-corrected chi connectivity index (χ1v) is 6.44. The molecule has 2 fully saturated rings. The van der Waals surface area contributed by atoms with Gasteiger partial charge in [0.05, 0.1) is 6.54 Å². The van der Waals surface area contributed by atoms with Crippen LogP contribution in [-0.2, 0) is 15.7 Å². The van der Waals surface area contributed by atoms with E-state index in [1.807, 2.05) is 0 Å². The van der Waals surface area contributed by atoms with Crippen LogP contribution in [0.1, 0.15) is 12.2 Å². The molecule has 2 aliphatic heterocycles. The highest BCUT2D eigenvalue weighted by Gasteiger charge is 2.43. The van der Waals surface area contributed by atoms with Crippen molar-refractivity contribution in [3.63, 3.8) is 0 Å². The van der Waals surface area contributed by atoms with Crippen molar-refractivity contribution in [3.05, 3.63) is 18.1 Å². The molecule has 2 aliphatic rings. The number of alkyl halides is 3. The van der Waals surface area contributed by atoms with E-state index in [1.54, 1.807) is 4.90 Å². The number of anilines is 1. The summed E-state index contributed by atoms with van der Waals surface area (Å²) < 4.78 is 43.5. The molecule has 0 bridgehead atoms. The maximum absolute atomic E-state index is 12.6. The summed E-state index contributed by atoms with van der Waals surface area (Å²) in [6.45, 7) is 1.25. The normalized spacial score (nSPS) is 26.2. The molecule has 3 heterocycles. The molecule has 1 unspecified atom stereocenters. The topological polar surface area (TPSA) is 67.3 Å². The highest BCUT2D eigenvalue weighted by atomic mass is 19.4. The summed E-state index contributed by atoms with van der Waals surface area (Å²) in [6, 6.07) is 1.44. The number of morpholine rings is 1. The summed E-state index contributed by atoms with van der Waals surface area (Å²) in [4.78, 5) is 19.6. The van der Waals surface area contributed by atoms with E-state index in [4.69, 9.17) is 4.74 Å². The van der Waals surface area contributed by atoms with Crippen molar-refractivity contribution in [1.82, 2.24) is 15.3 Å². The fourth-order valence-corrected chi connectivity index (χ4v) is 2.54. The van der Waals surface area contributed by atoms with Gasteiger partial charge in [0.2, 0.25) is 11.7 Å². The Bertz CT molecular complexity index is 554. The summed E-state index contributed by atoms with van der Waals surface area (Å²) in [7, 11) is 0. The number of carbonyl (C=O) groups excluding carboxylic acids is 1. The number of halogens is 3. The molecule has 114 valence electrons. The molecule has 0 aliphatic carbocycles. The van der Waals surface area contributed by atoms with Gasteiger partial charge >= 0.3 is 6.18 Å². The van der Waals surface area contributed by atoms with Gasteiger partial charge in [-0.05, 0) is 12.5 Å². The van der Waals surface area contributed by atoms with Gasteiger partial charge in [0.1, 0.15) is 18.0 Å². The molecule has 1 aromatic rings. The van der Waals surface area contributed by atoms with E-state index in [2.05, 4.69) is 15.3 Å². The van der Waals surface area contributed by atoms with E-state index in [0.29, 0.717) is 26.1 Å². The number of hydrogen-bond acceptors (Lipinski definition) is 5. The molecule has 3 rings (SSSR count). The third-order valence-corrected chi connectivity index (χ3v) is 3.65. The predicted molar refractivity (Wildman–Crippen MR) is 65.6 cm³/mol. The highest BCUT2D eigenvalue weighted by molar-refractivity contribution is 5.78. The highest BCUT2D eigenvalue weighted by Crippen LogP contribution is 2.31. The van der Waals surface area contributed by atoms with Crippen molar-refractivity contribution in [2.45, 2.75) is 18.2 Å². The lowest BCUT2D eigenvalue weighted by atomic mass is 10.0. The molecule has 21 heavy (non-hydrogen) atoms. The minimum atomic E-state index is -4.57. The second-order valence-electron chi connectivity index (χ2n) is 5.16. The lowest BCUT2D eigenvalue weighted by Crippen LogP contribution is -2.53. The van der Waals surface area contributed by atoms with E-state index < -0.39 is 17.6 Å². The van der Waals surface area contributed by atoms with Crippen LogP contribution in [0.3, 0.4) is 0 Å². The maximum atomic E-state index is 12.6. The summed E-state index contributed by atoms with van der Waals surface area (Å²) in [5.41, 5.74) is -0.544. The molecule has 1 spiro atoms. The van der Waals surface area contributed by atoms with Crippen LogP contribution in [-0.4, -0.2) is 47.7 Å². The second-order valence-corrected chi connectivity index (χ2v) is 5.16.